The molecule has 0 bridgehead atoms. The quantitative estimate of drug-likeness (QED) is 0.697. The largest absolute Gasteiger partial charge is 0.383 e. The summed E-state index contributed by atoms with van der Waals surface area (Å²) in [6, 6.07) is 9.45. The van der Waals surface area contributed by atoms with Crippen molar-refractivity contribution in [1.29, 1.82) is 0 Å². The molecule has 0 saturated carbocycles. The highest BCUT2D eigenvalue weighted by molar-refractivity contribution is 5.91. The van der Waals surface area contributed by atoms with Crippen LogP contribution in [0.5, 0.6) is 0 Å². The van der Waals surface area contributed by atoms with Crippen LogP contribution in [-0.4, -0.2) is 54.3 Å². The van der Waals surface area contributed by atoms with Crippen molar-refractivity contribution < 1.29 is 9.53 Å². The van der Waals surface area contributed by atoms with E-state index in [-0.39, 0.29) is 18.3 Å². The van der Waals surface area contributed by atoms with E-state index in [1.807, 2.05) is 30.3 Å². The second-order valence-corrected chi connectivity index (χ2v) is 4.35. The first-order chi connectivity index (χ1) is 10.3. The number of nitrogens with one attached hydrogen (secondary N) is 2. The summed E-state index contributed by atoms with van der Waals surface area (Å²) in [5.74, 6) is -0.231. The van der Waals surface area contributed by atoms with E-state index in [9.17, 15) is 4.79 Å². The zero-order valence-electron chi connectivity index (χ0n) is 12.4. The monoisotopic (exact) mass is 325 g/mol. The maximum atomic E-state index is 11.9. The van der Waals surface area contributed by atoms with Gasteiger partial charge in [-0.2, -0.15) is 9.90 Å². The number of hydrogen-bond donors (Lipinski definition) is 2. The Balaban J connectivity index is 0.00000242. The fourth-order valence-electron chi connectivity index (χ4n) is 1.71. The molecule has 8 heteroatoms. The van der Waals surface area contributed by atoms with Crippen LogP contribution < -0.4 is 10.6 Å². The Bertz CT molecular complexity index is 561. The summed E-state index contributed by atoms with van der Waals surface area (Å²) < 4.78 is 4.91. The van der Waals surface area contributed by atoms with Gasteiger partial charge in [-0.05, 0) is 12.1 Å². The van der Waals surface area contributed by atoms with Crippen LogP contribution in [0.3, 0.4) is 0 Å². The number of methoxy groups -OCH3 is 1. The minimum Gasteiger partial charge on any atom is -0.383 e. The number of amides is 1. The van der Waals surface area contributed by atoms with Gasteiger partial charge in [-0.1, -0.05) is 18.2 Å². The third kappa shape index (κ3) is 5.44. The van der Waals surface area contributed by atoms with Crippen LogP contribution in [0, 0.1) is 0 Å². The number of carbonyl (C=O) groups excluding carboxylic acids is 1. The molecule has 2 aromatic rings. The van der Waals surface area contributed by atoms with Crippen molar-refractivity contribution >= 4 is 18.3 Å². The zero-order chi connectivity index (χ0) is 14.9. The molecule has 0 fully saturated rings. The Morgan fingerprint density at radius 3 is 2.73 bits per heavy atom. The van der Waals surface area contributed by atoms with Crippen molar-refractivity contribution in [1.82, 2.24) is 25.6 Å². The lowest BCUT2D eigenvalue weighted by Gasteiger charge is -2.04. The molecular weight excluding hydrogens is 306 g/mol. The third-order valence-electron chi connectivity index (χ3n) is 2.78. The number of ether oxygens (including phenoxy) is 1. The number of hydrogen-bond acceptors (Lipinski definition) is 5. The third-order valence-corrected chi connectivity index (χ3v) is 2.78. The van der Waals surface area contributed by atoms with E-state index < -0.39 is 0 Å². The molecule has 0 aliphatic heterocycles. The first-order valence-corrected chi connectivity index (χ1v) is 6.77. The fourth-order valence-corrected chi connectivity index (χ4v) is 1.71. The van der Waals surface area contributed by atoms with Crippen molar-refractivity contribution in [3.63, 3.8) is 0 Å². The summed E-state index contributed by atoms with van der Waals surface area (Å²) in [5.41, 5.74) is 1.12. The molecule has 22 heavy (non-hydrogen) atoms. The highest BCUT2D eigenvalue weighted by Gasteiger charge is 2.10. The molecule has 120 valence electrons. The first-order valence-electron chi connectivity index (χ1n) is 6.77. The van der Waals surface area contributed by atoms with Gasteiger partial charge in [0.2, 0.25) is 0 Å². The van der Waals surface area contributed by atoms with Gasteiger partial charge in [0.05, 0.1) is 18.5 Å². The average Bonchev–Trinajstić information content (AvgIpc) is 3.01. The molecule has 0 aliphatic rings. The highest BCUT2D eigenvalue weighted by atomic mass is 35.5. The van der Waals surface area contributed by atoms with Crippen LogP contribution in [0.1, 0.15) is 10.5 Å². The van der Waals surface area contributed by atoms with Crippen LogP contribution in [0.4, 0.5) is 0 Å². The Morgan fingerprint density at radius 2 is 2.00 bits per heavy atom. The number of nitrogens with zero attached hydrogens (tertiary/aromatic N) is 3. The van der Waals surface area contributed by atoms with Crippen LogP contribution in [0.2, 0.25) is 0 Å². The summed E-state index contributed by atoms with van der Waals surface area (Å²) in [7, 11) is 1.65. The Labute approximate surface area is 135 Å². The van der Waals surface area contributed by atoms with Gasteiger partial charge in [0.15, 0.2) is 5.69 Å². The topological polar surface area (TPSA) is 81.1 Å². The molecule has 0 radical (unpaired) electrons. The summed E-state index contributed by atoms with van der Waals surface area (Å²) >= 11 is 0. The van der Waals surface area contributed by atoms with E-state index in [4.69, 9.17) is 4.74 Å². The molecule has 2 rings (SSSR count). The van der Waals surface area contributed by atoms with E-state index >= 15 is 0 Å². The lowest BCUT2D eigenvalue weighted by molar-refractivity contribution is 0.0948. The number of para-hydroxylation sites is 1. The lowest BCUT2D eigenvalue weighted by Crippen LogP contribution is -2.33. The van der Waals surface area contributed by atoms with Crippen molar-refractivity contribution in [2.75, 3.05) is 33.4 Å². The van der Waals surface area contributed by atoms with Crippen LogP contribution in [0.15, 0.2) is 36.5 Å². The van der Waals surface area contributed by atoms with Crippen molar-refractivity contribution in [2.45, 2.75) is 0 Å². The molecule has 0 atom stereocenters. The Morgan fingerprint density at radius 1 is 1.23 bits per heavy atom. The second kappa shape index (κ2) is 9.88. The Kier molecular flexibility index (Phi) is 8.13. The minimum atomic E-state index is -0.231. The second-order valence-electron chi connectivity index (χ2n) is 4.35. The molecule has 1 aromatic carbocycles. The number of halogens is 1. The summed E-state index contributed by atoms with van der Waals surface area (Å²) in [5, 5.41) is 14.2. The zero-order valence-corrected chi connectivity index (χ0v) is 13.2. The van der Waals surface area contributed by atoms with Gasteiger partial charge in [0.1, 0.15) is 0 Å². The van der Waals surface area contributed by atoms with E-state index in [0.29, 0.717) is 25.4 Å². The molecule has 1 amide bonds. The molecule has 1 heterocycles. The maximum Gasteiger partial charge on any atom is 0.273 e. The summed E-state index contributed by atoms with van der Waals surface area (Å²) in [6.45, 7) is 2.62. The molecule has 0 saturated heterocycles. The van der Waals surface area contributed by atoms with Crippen LogP contribution in [-0.2, 0) is 4.74 Å². The number of carbonyl (C=O) groups is 1. The lowest BCUT2D eigenvalue weighted by atomic mass is 10.3. The number of rotatable bonds is 8. The summed E-state index contributed by atoms with van der Waals surface area (Å²) in [4.78, 5) is 13.3. The fraction of sp³-hybridized carbons (Fsp3) is 0.357. The molecule has 1 aromatic heterocycles. The van der Waals surface area contributed by atoms with E-state index in [1.54, 1.807) is 7.11 Å². The van der Waals surface area contributed by atoms with Crippen LogP contribution in [0.25, 0.3) is 5.69 Å². The van der Waals surface area contributed by atoms with Crippen molar-refractivity contribution in [3.05, 3.63) is 42.2 Å². The van der Waals surface area contributed by atoms with Gasteiger partial charge in [-0.15, -0.1) is 17.5 Å². The van der Waals surface area contributed by atoms with Crippen LogP contribution >= 0.6 is 12.4 Å². The predicted octanol–water partition coefficient (Wildman–Crippen LogP) is 0.655. The van der Waals surface area contributed by atoms with Gasteiger partial charge in [-0.3, -0.25) is 4.79 Å². The van der Waals surface area contributed by atoms with E-state index in [2.05, 4.69) is 20.8 Å². The van der Waals surface area contributed by atoms with E-state index in [0.717, 1.165) is 12.2 Å². The Hall–Kier alpha value is -1.96. The normalized spacial score (nSPS) is 10.0. The maximum absolute atomic E-state index is 11.9. The first kappa shape index (κ1) is 18.1. The molecule has 0 aliphatic carbocycles. The van der Waals surface area contributed by atoms with E-state index in [1.165, 1.54) is 11.0 Å². The minimum absolute atomic E-state index is 0. The standard InChI is InChI=1S/C14H19N5O2.ClH/c1-21-10-9-15-7-8-16-14(20)13-11-17-19(18-13)12-5-3-2-4-6-12;/h2-6,11,15H,7-10H2,1H3,(H,16,20);1H. The smallest absolute Gasteiger partial charge is 0.273 e. The van der Waals surface area contributed by atoms with Crippen molar-refractivity contribution in [3.8, 4) is 5.69 Å². The van der Waals surface area contributed by atoms with Gasteiger partial charge >= 0.3 is 0 Å². The SMILES string of the molecule is COCCNCCNC(=O)c1cnn(-c2ccccc2)n1.Cl. The molecular formula is C14H20ClN5O2. The highest BCUT2D eigenvalue weighted by Crippen LogP contribution is 2.03. The predicted molar refractivity (Wildman–Crippen MR) is 85.7 cm³/mol. The number of aromatic nitrogens is 3. The van der Waals surface area contributed by atoms with Gasteiger partial charge < -0.3 is 15.4 Å². The molecule has 7 nitrogen and oxygen atoms in total. The van der Waals surface area contributed by atoms with Gasteiger partial charge in [0, 0.05) is 26.7 Å². The molecule has 0 unspecified atom stereocenters. The summed E-state index contributed by atoms with van der Waals surface area (Å²) in [6.07, 6.45) is 1.46. The molecule has 2 N–H and O–H groups in total. The molecule has 0 spiro atoms. The van der Waals surface area contributed by atoms with Gasteiger partial charge in [-0.25, -0.2) is 0 Å². The van der Waals surface area contributed by atoms with Crippen molar-refractivity contribution in [2.24, 2.45) is 0 Å². The van der Waals surface area contributed by atoms with Gasteiger partial charge in [0.25, 0.3) is 5.91 Å². The number of benzene rings is 1. The average molecular weight is 326 g/mol.